The van der Waals surface area contributed by atoms with Gasteiger partial charge in [-0.15, -0.1) is 0 Å². The molecule has 1 fully saturated rings. The van der Waals surface area contributed by atoms with E-state index in [-0.39, 0.29) is 5.91 Å². The highest BCUT2D eigenvalue weighted by Gasteiger charge is 2.21. The fourth-order valence-electron chi connectivity index (χ4n) is 1.75. The summed E-state index contributed by atoms with van der Waals surface area (Å²) in [6.07, 6.45) is 6.01. The molecule has 94 valence electrons. The molecule has 0 radical (unpaired) electrons. The van der Waals surface area contributed by atoms with Crippen LogP contribution in [0.25, 0.3) is 0 Å². The number of carbonyl (C=O) groups is 1. The molecule has 0 aromatic rings. The van der Waals surface area contributed by atoms with Gasteiger partial charge < -0.3 is 10.6 Å². The zero-order valence-electron chi connectivity index (χ0n) is 10.9. The summed E-state index contributed by atoms with van der Waals surface area (Å²) >= 11 is 0. The van der Waals surface area contributed by atoms with Crippen LogP contribution in [0.5, 0.6) is 0 Å². The Morgan fingerprint density at radius 1 is 1.25 bits per heavy atom. The molecular formula is C13H26N2O. The van der Waals surface area contributed by atoms with Crippen molar-refractivity contribution in [2.24, 2.45) is 5.92 Å². The van der Waals surface area contributed by atoms with E-state index in [0.29, 0.717) is 18.6 Å². The van der Waals surface area contributed by atoms with E-state index in [1.54, 1.807) is 0 Å². The van der Waals surface area contributed by atoms with E-state index < -0.39 is 0 Å². The van der Waals surface area contributed by atoms with Gasteiger partial charge in [-0.25, -0.2) is 0 Å². The summed E-state index contributed by atoms with van der Waals surface area (Å²) in [7, 11) is 0. The van der Waals surface area contributed by atoms with E-state index in [0.717, 1.165) is 12.3 Å². The van der Waals surface area contributed by atoms with Crippen LogP contribution in [0.1, 0.15) is 52.9 Å². The highest BCUT2D eigenvalue weighted by Crippen LogP contribution is 2.17. The fraction of sp³-hybridized carbons (Fsp3) is 0.923. The number of amides is 1. The van der Waals surface area contributed by atoms with Crippen molar-refractivity contribution in [3.8, 4) is 0 Å². The second-order valence-corrected chi connectivity index (χ2v) is 5.45. The maximum absolute atomic E-state index is 11.5. The van der Waals surface area contributed by atoms with Gasteiger partial charge in [0.05, 0.1) is 6.54 Å². The number of hydrogen-bond acceptors (Lipinski definition) is 2. The predicted molar refractivity (Wildman–Crippen MR) is 67.3 cm³/mol. The Labute approximate surface area is 99.4 Å². The lowest BCUT2D eigenvalue weighted by Crippen LogP contribution is -2.39. The van der Waals surface area contributed by atoms with Crippen molar-refractivity contribution in [2.45, 2.75) is 65.0 Å². The molecule has 1 amide bonds. The molecular weight excluding hydrogens is 200 g/mol. The minimum absolute atomic E-state index is 0.143. The van der Waals surface area contributed by atoms with Crippen LogP contribution in [0.15, 0.2) is 0 Å². The Morgan fingerprint density at radius 2 is 1.94 bits per heavy atom. The lowest BCUT2D eigenvalue weighted by Gasteiger charge is -2.14. The minimum atomic E-state index is 0.143. The van der Waals surface area contributed by atoms with Crippen LogP contribution in [-0.2, 0) is 4.79 Å². The van der Waals surface area contributed by atoms with E-state index in [1.807, 2.05) is 0 Å². The van der Waals surface area contributed by atoms with Gasteiger partial charge in [0.2, 0.25) is 5.91 Å². The van der Waals surface area contributed by atoms with Gasteiger partial charge in [0.15, 0.2) is 0 Å². The predicted octanol–water partition coefficient (Wildman–Crippen LogP) is 2.07. The van der Waals surface area contributed by atoms with E-state index in [1.165, 1.54) is 25.7 Å². The quantitative estimate of drug-likeness (QED) is 0.665. The van der Waals surface area contributed by atoms with Crippen LogP contribution in [0.3, 0.4) is 0 Å². The first-order chi connectivity index (χ1) is 7.58. The van der Waals surface area contributed by atoms with Crippen LogP contribution in [0.2, 0.25) is 0 Å². The molecule has 1 unspecified atom stereocenters. The molecule has 0 heterocycles. The monoisotopic (exact) mass is 226 g/mol. The number of carbonyl (C=O) groups excluding carboxylic acids is 1. The molecule has 3 heteroatoms. The summed E-state index contributed by atoms with van der Waals surface area (Å²) in [5.74, 6) is 0.906. The first-order valence-electron chi connectivity index (χ1n) is 6.60. The molecule has 0 aromatic heterocycles. The van der Waals surface area contributed by atoms with Crippen molar-refractivity contribution in [3.63, 3.8) is 0 Å². The SMILES string of the molecule is CC(C)CCCC(C)NC(=O)CNC1CC1. The zero-order chi connectivity index (χ0) is 12.0. The van der Waals surface area contributed by atoms with Crippen LogP contribution < -0.4 is 10.6 Å². The minimum Gasteiger partial charge on any atom is -0.353 e. The molecule has 16 heavy (non-hydrogen) atoms. The molecule has 0 bridgehead atoms. The Bertz CT molecular complexity index is 212. The van der Waals surface area contributed by atoms with Gasteiger partial charge in [0.25, 0.3) is 0 Å². The van der Waals surface area contributed by atoms with E-state index in [4.69, 9.17) is 0 Å². The highest BCUT2D eigenvalue weighted by atomic mass is 16.1. The Hall–Kier alpha value is -0.570. The molecule has 0 aromatic carbocycles. The molecule has 1 aliphatic rings. The average Bonchev–Trinajstić information content (AvgIpc) is 2.97. The van der Waals surface area contributed by atoms with Crippen LogP contribution in [-0.4, -0.2) is 24.5 Å². The van der Waals surface area contributed by atoms with E-state index in [9.17, 15) is 4.79 Å². The lowest BCUT2D eigenvalue weighted by atomic mass is 10.0. The van der Waals surface area contributed by atoms with Crippen LogP contribution >= 0.6 is 0 Å². The Morgan fingerprint density at radius 3 is 2.50 bits per heavy atom. The van der Waals surface area contributed by atoms with Crippen LogP contribution in [0, 0.1) is 5.92 Å². The second kappa shape index (κ2) is 6.89. The Kier molecular flexibility index (Phi) is 5.81. The third-order valence-corrected chi connectivity index (χ3v) is 2.95. The molecule has 1 aliphatic carbocycles. The molecule has 1 rings (SSSR count). The maximum Gasteiger partial charge on any atom is 0.234 e. The fourth-order valence-corrected chi connectivity index (χ4v) is 1.75. The van der Waals surface area contributed by atoms with Crippen LogP contribution in [0.4, 0.5) is 0 Å². The summed E-state index contributed by atoms with van der Waals surface area (Å²) in [6, 6.07) is 0.925. The topological polar surface area (TPSA) is 41.1 Å². The second-order valence-electron chi connectivity index (χ2n) is 5.45. The van der Waals surface area contributed by atoms with E-state index >= 15 is 0 Å². The summed E-state index contributed by atoms with van der Waals surface area (Å²) in [5.41, 5.74) is 0. The molecule has 0 aliphatic heterocycles. The maximum atomic E-state index is 11.5. The summed E-state index contributed by atoms with van der Waals surface area (Å²) in [6.45, 7) is 7.06. The van der Waals surface area contributed by atoms with Crippen molar-refractivity contribution in [2.75, 3.05) is 6.54 Å². The zero-order valence-corrected chi connectivity index (χ0v) is 10.9. The largest absolute Gasteiger partial charge is 0.353 e. The normalized spacial score (nSPS) is 17.5. The molecule has 1 saturated carbocycles. The van der Waals surface area contributed by atoms with Crippen molar-refractivity contribution in [3.05, 3.63) is 0 Å². The Balaban J connectivity index is 1.98. The van der Waals surface area contributed by atoms with Gasteiger partial charge in [-0.1, -0.05) is 26.7 Å². The van der Waals surface area contributed by atoms with Gasteiger partial charge in [-0.2, -0.15) is 0 Å². The van der Waals surface area contributed by atoms with Crippen molar-refractivity contribution >= 4 is 5.91 Å². The molecule has 0 spiro atoms. The van der Waals surface area contributed by atoms with Crippen molar-refractivity contribution < 1.29 is 4.79 Å². The average molecular weight is 226 g/mol. The first-order valence-corrected chi connectivity index (χ1v) is 6.60. The molecule has 1 atom stereocenters. The van der Waals surface area contributed by atoms with Crippen molar-refractivity contribution in [1.29, 1.82) is 0 Å². The van der Waals surface area contributed by atoms with Crippen molar-refractivity contribution in [1.82, 2.24) is 10.6 Å². The van der Waals surface area contributed by atoms with Gasteiger partial charge >= 0.3 is 0 Å². The molecule has 2 N–H and O–H groups in total. The summed E-state index contributed by atoms with van der Waals surface area (Å²) < 4.78 is 0. The van der Waals surface area contributed by atoms with Gasteiger partial charge in [0, 0.05) is 12.1 Å². The first kappa shape index (κ1) is 13.5. The third kappa shape index (κ3) is 6.83. The smallest absolute Gasteiger partial charge is 0.234 e. The summed E-state index contributed by atoms with van der Waals surface area (Å²) in [4.78, 5) is 11.5. The standard InChI is InChI=1S/C13H26N2O/c1-10(2)5-4-6-11(3)15-13(16)9-14-12-7-8-12/h10-12,14H,4-9H2,1-3H3,(H,15,16). The molecule has 0 saturated heterocycles. The summed E-state index contributed by atoms with van der Waals surface area (Å²) in [5, 5.41) is 6.26. The molecule has 3 nitrogen and oxygen atoms in total. The number of rotatable bonds is 8. The number of hydrogen-bond donors (Lipinski definition) is 2. The number of nitrogens with one attached hydrogen (secondary N) is 2. The van der Waals surface area contributed by atoms with Gasteiger partial charge in [-0.3, -0.25) is 4.79 Å². The lowest BCUT2D eigenvalue weighted by molar-refractivity contribution is -0.120. The third-order valence-electron chi connectivity index (χ3n) is 2.95. The van der Waals surface area contributed by atoms with Gasteiger partial charge in [0.1, 0.15) is 0 Å². The van der Waals surface area contributed by atoms with E-state index in [2.05, 4.69) is 31.4 Å². The highest BCUT2D eigenvalue weighted by molar-refractivity contribution is 5.78. The van der Waals surface area contributed by atoms with Gasteiger partial charge in [-0.05, 0) is 32.1 Å².